The quantitative estimate of drug-likeness (QED) is 0.485. The highest BCUT2D eigenvalue weighted by Crippen LogP contribution is 2.05. The van der Waals surface area contributed by atoms with Gasteiger partial charge < -0.3 is 4.42 Å². The Balaban J connectivity index is 2.00. The van der Waals surface area contributed by atoms with Crippen LogP contribution in [0.25, 0.3) is 0 Å². The Morgan fingerprint density at radius 3 is 2.69 bits per heavy atom. The zero-order valence-corrected chi connectivity index (χ0v) is 10.5. The maximum Gasteiger partial charge on any atom is 0.146 e. The van der Waals surface area contributed by atoms with E-state index in [2.05, 4.69) is 32.8 Å². The van der Waals surface area contributed by atoms with Crippen molar-refractivity contribution >= 4 is 35.0 Å². The Morgan fingerprint density at radius 1 is 1.06 bits per heavy atom. The van der Waals surface area contributed by atoms with Gasteiger partial charge in [0, 0.05) is 3.57 Å². The topological polar surface area (TPSA) is 37.9 Å². The highest BCUT2D eigenvalue weighted by Gasteiger charge is 1.89. The Bertz CT molecular complexity index is 503. The summed E-state index contributed by atoms with van der Waals surface area (Å²) in [6.45, 7) is 0. The Morgan fingerprint density at radius 2 is 1.94 bits per heavy atom. The molecule has 2 aromatic rings. The molecule has 0 N–H and O–H groups in total. The van der Waals surface area contributed by atoms with Gasteiger partial charge in [-0.15, -0.1) is 0 Å². The van der Waals surface area contributed by atoms with Crippen LogP contribution in [0.3, 0.4) is 0 Å². The maximum absolute atomic E-state index is 5.08. The molecule has 2 rings (SSSR count). The highest BCUT2D eigenvalue weighted by atomic mass is 127. The van der Waals surface area contributed by atoms with Gasteiger partial charge in [-0.3, -0.25) is 0 Å². The van der Waals surface area contributed by atoms with Crippen molar-refractivity contribution in [3.05, 3.63) is 57.6 Å². The number of benzene rings is 1. The molecule has 0 aliphatic heterocycles. The summed E-state index contributed by atoms with van der Waals surface area (Å²) in [5, 5.41) is 7.83. The molecule has 0 aliphatic carbocycles. The molecule has 0 spiro atoms. The van der Waals surface area contributed by atoms with Crippen LogP contribution in [0.2, 0.25) is 0 Å². The summed E-state index contributed by atoms with van der Waals surface area (Å²) >= 11 is 2.26. The first-order chi connectivity index (χ1) is 7.84. The fourth-order valence-electron chi connectivity index (χ4n) is 1.14. The third-order valence-corrected chi connectivity index (χ3v) is 2.52. The summed E-state index contributed by atoms with van der Waals surface area (Å²) in [5.41, 5.74) is 1.03. The first kappa shape index (κ1) is 11.1. The maximum atomic E-state index is 5.08. The van der Waals surface area contributed by atoms with Gasteiger partial charge in [0.2, 0.25) is 0 Å². The van der Waals surface area contributed by atoms with Crippen molar-refractivity contribution in [2.24, 2.45) is 10.2 Å². The van der Waals surface area contributed by atoms with Crippen LogP contribution in [0.15, 0.2) is 57.3 Å². The van der Waals surface area contributed by atoms with Crippen molar-refractivity contribution in [2.45, 2.75) is 0 Å². The zero-order chi connectivity index (χ0) is 11.2. The molecule has 0 aliphatic rings. The van der Waals surface area contributed by atoms with Gasteiger partial charge in [0.1, 0.15) is 5.76 Å². The molecule has 0 amide bonds. The first-order valence-corrected chi connectivity index (χ1v) is 5.78. The van der Waals surface area contributed by atoms with Crippen LogP contribution in [0, 0.1) is 3.57 Å². The first-order valence-electron chi connectivity index (χ1n) is 4.70. The third kappa shape index (κ3) is 3.30. The lowest BCUT2D eigenvalue weighted by atomic mass is 10.2. The zero-order valence-electron chi connectivity index (χ0n) is 8.38. The van der Waals surface area contributed by atoms with E-state index < -0.39 is 0 Å². The number of hydrogen-bond donors (Lipinski definition) is 0. The summed E-state index contributed by atoms with van der Waals surface area (Å²) in [6, 6.07) is 11.7. The van der Waals surface area contributed by atoms with E-state index in [9.17, 15) is 0 Å². The van der Waals surface area contributed by atoms with Crippen LogP contribution in [-0.2, 0) is 0 Å². The molecule has 0 radical (unpaired) electrons. The molecular weight excluding hydrogens is 315 g/mol. The fourth-order valence-corrected chi connectivity index (χ4v) is 1.71. The molecule has 0 saturated heterocycles. The van der Waals surface area contributed by atoms with Crippen molar-refractivity contribution in [1.82, 2.24) is 0 Å². The van der Waals surface area contributed by atoms with Crippen molar-refractivity contribution in [3.8, 4) is 0 Å². The minimum Gasteiger partial charge on any atom is -0.463 e. The monoisotopic (exact) mass is 324 g/mol. The summed E-state index contributed by atoms with van der Waals surface area (Å²) in [5.74, 6) is 0.694. The SMILES string of the molecule is Ic1cccc(/C=N/N=C\c2ccco2)c1. The van der Waals surface area contributed by atoms with E-state index in [1.165, 1.54) is 3.57 Å². The predicted octanol–water partition coefficient (Wildman–Crippen LogP) is 3.34. The van der Waals surface area contributed by atoms with Gasteiger partial charge in [0.15, 0.2) is 0 Å². The van der Waals surface area contributed by atoms with Gasteiger partial charge in [-0.2, -0.15) is 10.2 Å². The molecule has 0 bridgehead atoms. The Labute approximate surface area is 107 Å². The summed E-state index contributed by atoms with van der Waals surface area (Å²) < 4.78 is 6.26. The van der Waals surface area contributed by atoms with Crippen molar-refractivity contribution in [2.75, 3.05) is 0 Å². The van der Waals surface area contributed by atoms with Gasteiger partial charge in [0.05, 0.1) is 18.7 Å². The normalized spacial score (nSPS) is 11.6. The predicted molar refractivity (Wildman–Crippen MR) is 73.1 cm³/mol. The Hall–Kier alpha value is -1.43. The molecule has 16 heavy (non-hydrogen) atoms. The van der Waals surface area contributed by atoms with Gasteiger partial charge >= 0.3 is 0 Å². The lowest BCUT2D eigenvalue weighted by Gasteiger charge is -1.91. The van der Waals surface area contributed by atoms with Gasteiger partial charge in [-0.05, 0) is 52.4 Å². The third-order valence-electron chi connectivity index (χ3n) is 1.85. The average molecular weight is 324 g/mol. The van der Waals surface area contributed by atoms with Crippen molar-refractivity contribution < 1.29 is 4.42 Å². The van der Waals surface area contributed by atoms with Gasteiger partial charge in [-0.25, -0.2) is 0 Å². The second kappa shape index (κ2) is 5.60. The van der Waals surface area contributed by atoms with E-state index in [4.69, 9.17) is 4.42 Å². The van der Waals surface area contributed by atoms with E-state index in [1.807, 2.05) is 36.4 Å². The van der Waals surface area contributed by atoms with Crippen LogP contribution in [0.5, 0.6) is 0 Å². The van der Waals surface area contributed by atoms with E-state index in [0.29, 0.717) is 5.76 Å². The van der Waals surface area contributed by atoms with Gasteiger partial charge in [0.25, 0.3) is 0 Å². The smallest absolute Gasteiger partial charge is 0.146 e. The lowest BCUT2D eigenvalue weighted by molar-refractivity contribution is 0.560. The summed E-state index contributed by atoms with van der Waals surface area (Å²) in [7, 11) is 0. The van der Waals surface area contributed by atoms with Crippen LogP contribution in [0.4, 0.5) is 0 Å². The molecule has 0 atom stereocenters. The largest absolute Gasteiger partial charge is 0.463 e. The Kier molecular flexibility index (Phi) is 3.87. The number of furan rings is 1. The van der Waals surface area contributed by atoms with Crippen molar-refractivity contribution in [3.63, 3.8) is 0 Å². The number of rotatable bonds is 3. The van der Waals surface area contributed by atoms with E-state index >= 15 is 0 Å². The van der Waals surface area contributed by atoms with Crippen LogP contribution < -0.4 is 0 Å². The lowest BCUT2D eigenvalue weighted by Crippen LogP contribution is -1.81. The molecule has 3 nitrogen and oxygen atoms in total. The van der Waals surface area contributed by atoms with Crippen LogP contribution in [0.1, 0.15) is 11.3 Å². The van der Waals surface area contributed by atoms with Crippen LogP contribution >= 0.6 is 22.6 Å². The molecule has 1 heterocycles. The minimum atomic E-state index is 0.694. The molecule has 80 valence electrons. The summed E-state index contributed by atoms with van der Waals surface area (Å²) in [6.07, 6.45) is 4.89. The van der Waals surface area contributed by atoms with Crippen LogP contribution in [-0.4, -0.2) is 12.4 Å². The molecule has 0 unspecified atom stereocenters. The molecule has 0 saturated carbocycles. The number of nitrogens with zero attached hydrogens (tertiary/aromatic N) is 2. The van der Waals surface area contributed by atoms with E-state index in [-0.39, 0.29) is 0 Å². The standard InChI is InChI=1S/C12H9IN2O/c13-11-4-1-3-10(7-11)8-14-15-9-12-5-2-6-16-12/h1-9H/b14-8+,15-9-. The molecule has 0 fully saturated rings. The minimum absolute atomic E-state index is 0.694. The van der Waals surface area contributed by atoms with Gasteiger partial charge in [-0.1, -0.05) is 12.1 Å². The van der Waals surface area contributed by atoms with Crippen molar-refractivity contribution in [1.29, 1.82) is 0 Å². The molecular formula is C12H9IN2O. The second-order valence-electron chi connectivity index (χ2n) is 3.06. The summed E-state index contributed by atoms with van der Waals surface area (Å²) in [4.78, 5) is 0. The fraction of sp³-hybridized carbons (Fsp3) is 0. The highest BCUT2D eigenvalue weighted by molar-refractivity contribution is 14.1. The number of halogens is 1. The second-order valence-corrected chi connectivity index (χ2v) is 4.31. The van der Waals surface area contributed by atoms with E-state index in [0.717, 1.165) is 5.56 Å². The molecule has 1 aromatic carbocycles. The molecule has 4 heteroatoms. The average Bonchev–Trinajstić information content (AvgIpc) is 2.77. The van der Waals surface area contributed by atoms with E-state index in [1.54, 1.807) is 18.7 Å². The number of hydrogen-bond acceptors (Lipinski definition) is 3. The molecule has 1 aromatic heterocycles.